The molecule has 0 aromatic carbocycles. The molecule has 0 bridgehead atoms. The van der Waals surface area contributed by atoms with Gasteiger partial charge in [-0.1, -0.05) is 11.3 Å². The van der Waals surface area contributed by atoms with Gasteiger partial charge in [-0.2, -0.15) is 5.26 Å². The summed E-state index contributed by atoms with van der Waals surface area (Å²) in [5.41, 5.74) is 3.03. The Morgan fingerprint density at radius 3 is 2.62 bits per heavy atom. The monoisotopic (exact) mass is 544 g/mol. The number of carbonyl (C=O) groups is 1. The van der Waals surface area contributed by atoms with Crippen molar-refractivity contribution in [2.45, 2.75) is 18.9 Å². The van der Waals surface area contributed by atoms with E-state index in [1.165, 1.54) is 4.90 Å². The van der Waals surface area contributed by atoms with Gasteiger partial charge in [0.2, 0.25) is 5.13 Å². The van der Waals surface area contributed by atoms with Crippen molar-refractivity contribution in [2.24, 2.45) is 0 Å². The van der Waals surface area contributed by atoms with Crippen LogP contribution in [0.1, 0.15) is 18.4 Å². The van der Waals surface area contributed by atoms with Crippen LogP contribution in [0.5, 0.6) is 0 Å². The molecule has 2 fully saturated rings. The highest BCUT2D eigenvalue weighted by Crippen LogP contribution is 2.35. The van der Waals surface area contributed by atoms with Crippen molar-refractivity contribution in [3.05, 3.63) is 42.4 Å². The molecule has 2 aliphatic heterocycles. The van der Waals surface area contributed by atoms with Gasteiger partial charge in [-0.25, -0.2) is 14.8 Å². The first-order valence-corrected chi connectivity index (χ1v) is 13.7. The van der Waals surface area contributed by atoms with Crippen LogP contribution >= 0.6 is 11.3 Å². The van der Waals surface area contributed by atoms with Gasteiger partial charge >= 0.3 is 6.09 Å². The van der Waals surface area contributed by atoms with Gasteiger partial charge in [-0.3, -0.25) is 9.47 Å². The fourth-order valence-electron chi connectivity index (χ4n) is 5.38. The predicted molar refractivity (Wildman–Crippen MR) is 148 cm³/mol. The Balaban J connectivity index is 1.15. The number of rotatable bonds is 5. The Morgan fingerprint density at radius 2 is 1.90 bits per heavy atom. The molecule has 0 unspecified atom stereocenters. The molecule has 0 saturated carbocycles. The maximum Gasteiger partial charge on any atom is 0.407 e. The molecule has 6 rings (SSSR count). The van der Waals surface area contributed by atoms with Crippen molar-refractivity contribution in [1.82, 2.24) is 34.5 Å². The van der Waals surface area contributed by atoms with Gasteiger partial charge in [0.15, 0.2) is 5.01 Å². The summed E-state index contributed by atoms with van der Waals surface area (Å²) in [4.78, 5) is 26.6. The van der Waals surface area contributed by atoms with Crippen LogP contribution in [0.2, 0.25) is 0 Å². The van der Waals surface area contributed by atoms with Crippen molar-refractivity contribution in [1.29, 1.82) is 5.26 Å². The molecule has 4 aromatic rings. The first kappa shape index (κ1) is 25.0. The summed E-state index contributed by atoms with van der Waals surface area (Å²) >= 11 is 1.56. The minimum absolute atomic E-state index is 0.475. The number of hydrogen-bond donors (Lipinski definition) is 2. The average Bonchev–Trinajstić information content (AvgIpc) is 3.64. The third-order valence-corrected chi connectivity index (χ3v) is 8.56. The zero-order valence-electron chi connectivity index (χ0n) is 21.5. The number of nitrogens with zero attached hydrogens (tertiary/aromatic N) is 9. The van der Waals surface area contributed by atoms with Crippen LogP contribution in [0.4, 0.5) is 15.6 Å². The number of fused-ring (bicyclic) bond motifs is 1. The van der Waals surface area contributed by atoms with Gasteiger partial charge in [-0.05, 0) is 25.0 Å². The topological polar surface area (TPSA) is 139 Å². The van der Waals surface area contributed by atoms with E-state index in [-0.39, 0.29) is 0 Å². The lowest BCUT2D eigenvalue weighted by Gasteiger charge is -2.42. The summed E-state index contributed by atoms with van der Waals surface area (Å²) in [6.45, 7) is 4.55. The number of aromatic nitrogens is 5. The van der Waals surface area contributed by atoms with Crippen LogP contribution in [-0.2, 0) is 0 Å². The summed E-state index contributed by atoms with van der Waals surface area (Å²) in [5.74, 6) is 0.714. The minimum Gasteiger partial charge on any atom is -0.465 e. The normalized spacial score (nSPS) is 16.9. The number of carboxylic acid groups (broad SMARTS) is 1. The van der Waals surface area contributed by atoms with Crippen LogP contribution < -0.4 is 10.2 Å². The largest absolute Gasteiger partial charge is 0.465 e. The number of anilines is 2. The second-order valence-electron chi connectivity index (χ2n) is 9.69. The molecule has 0 spiro atoms. The van der Waals surface area contributed by atoms with Crippen molar-refractivity contribution in [3.63, 3.8) is 0 Å². The van der Waals surface area contributed by atoms with Crippen molar-refractivity contribution < 1.29 is 9.90 Å². The Kier molecular flexibility index (Phi) is 6.72. The van der Waals surface area contributed by atoms with Gasteiger partial charge < -0.3 is 20.2 Å². The van der Waals surface area contributed by atoms with E-state index in [4.69, 9.17) is 10.2 Å². The minimum atomic E-state index is -0.826. The van der Waals surface area contributed by atoms with E-state index >= 15 is 0 Å². The highest BCUT2D eigenvalue weighted by atomic mass is 32.1. The van der Waals surface area contributed by atoms with E-state index in [1.54, 1.807) is 17.5 Å². The quantitative estimate of drug-likeness (QED) is 0.385. The molecule has 4 aromatic heterocycles. The van der Waals surface area contributed by atoms with Gasteiger partial charge in [0, 0.05) is 88.1 Å². The van der Waals surface area contributed by atoms with Crippen LogP contribution in [0, 0.1) is 11.3 Å². The van der Waals surface area contributed by atoms with Crippen LogP contribution in [0.15, 0.2) is 36.8 Å². The molecular formula is C26H28N10O2S. The molecule has 0 atom stereocenters. The molecular weight excluding hydrogens is 516 g/mol. The molecule has 39 heavy (non-hydrogen) atoms. The summed E-state index contributed by atoms with van der Waals surface area (Å²) in [7, 11) is 1.87. The maximum absolute atomic E-state index is 11.2. The lowest BCUT2D eigenvalue weighted by molar-refractivity contribution is 0.0775. The molecule has 1 amide bonds. The molecule has 12 nitrogen and oxygen atoms in total. The summed E-state index contributed by atoms with van der Waals surface area (Å²) in [5, 5.41) is 33.2. The van der Waals surface area contributed by atoms with Gasteiger partial charge in [0.05, 0.1) is 11.1 Å². The summed E-state index contributed by atoms with van der Waals surface area (Å²) in [6, 6.07) is 8.31. The molecule has 2 N–H and O–H groups in total. The molecule has 200 valence electrons. The number of nitrogens with one attached hydrogen (secondary N) is 1. The number of amides is 1. The molecule has 2 aliphatic rings. The van der Waals surface area contributed by atoms with Gasteiger partial charge in [0.25, 0.3) is 0 Å². The van der Waals surface area contributed by atoms with E-state index in [0.717, 1.165) is 71.4 Å². The Morgan fingerprint density at radius 1 is 1.10 bits per heavy atom. The number of hydrogen-bond acceptors (Lipinski definition) is 10. The number of nitriles is 1. The highest BCUT2D eigenvalue weighted by molar-refractivity contribution is 7.18. The SMILES string of the molecule is CNc1cc(-n2ccc3cc(C#N)cnc32)ncc1-c1nnc(N2CCC(N3CCN(C(=O)O)CC3)CC2)s1. The van der Waals surface area contributed by atoms with Crippen LogP contribution in [0.25, 0.3) is 27.4 Å². The lowest BCUT2D eigenvalue weighted by Crippen LogP contribution is -2.54. The van der Waals surface area contributed by atoms with Crippen molar-refractivity contribution >= 4 is 39.3 Å². The first-order valence-electron chi connectivity index (χ1n) is 12.9. The molecule has 13 heteroatoms. The maximum atomic E-state index is 11.2. The van der Waals surface area contributed by atoms with Crippen LogP contribution in [-0.4, -0.2) is 98.1 Å². The first-order chi connectivity index (χ1) is 19.0. The molecule has 0 aliphatic carbocycles. The second kappa shape index (κ2) is 10.5. The van der Waals surface area contributed by atoms with E-state index in [2.05, 4.69) is 36.4 Å². The van der Waals surface area contributed by atoms with Crippen LogP contribution in [0.3, 0.4) is 0 Å². The molecule has 6 heterocycles. The number of piperazine rings is 1. The standard InChI is InChI=1S/C26H28N10O2S/c1-28-21-13-22(36-7-2-18-12-17(14-27)15-30-23(18)36)29-16-20(21)24-31-32-25(39-24)34-5-3-19(4-6-34)33-8-10-35(11-9-33)26(37)38/h2,7,12-13,15-16,19H,3-6,8-11H2,1H3,(H,28,29)(H,37,38). The summed E-state index contributed by atoms with van der Waals surface area (Å²) < 4.78 is 1.90. The zero-order valence-corrected chi connectivity index (χ0v) is 22.3. The van der Waals surface area contributed by atoms with Gasteiger partial charge in [-0.15, -0.1) is 10.2 Å². The number of pyridine rings is 2. The number of piperidine rings is 1. The third-order valence-electron chi connectivity index (χ3n) is 7.54. The summed E-state index contributed by atoms with van der Waals surface area (Å²) in [6.07, 6.45) is 6.50. The van der Waals surface area contributed by atoms with E-state index < -0.39 is 6.09 Å². The zero-order chi connectivity index (χ0) is 26.9. The predicted octanol–water partition coefficient (Wildman–Crippen LogP) is 3.12. The molecule has 2 saturated heterocycles. The second-order valence-corrected chi connectivity index (χ2v) is 10.6. The third kappa shape index (κ3) is 4.84. The van der Waals surface area contributed by atoms with Crippen molar-refractivity contribution in [3.8, 4) is 22.5 Å². The van der Waals surface area contributed by atoms with Gasteiger partial charge in [0.1, 0.15) is 17.5 Å². The Labute approximate surface area is 229 Å². The fourth-order valence-corrected chi connectivity index (χ4v) is 6.30. The highest BCUT2D eigenvalue weighted by Gasteiger charge is 2.30. The van der Waals surface area contributed by atoms with E-state index in [9.17, 15) is 9.90 Å². The van der Waals surface area contributed by atoms with E-state index in [0.29, 0.717) is 30.5 Å². The lowest BCUT2D eigenvalue weighted by atomic mass is 10.0. The Bertz CT molecular complexity index is 1540. The smallest absolute Gasteiger partial charge is 0.407 e. The molecule has 0 radical (unpaired) electrons. The average molecular weight is 545 g/mol. The van der Waals surface area contributed by atoms with E-state index in [1.807, 2.05) is 42.2 Å². The Hall–Kier alpha value is -4.28. The fraction of sp³-hybridized carbons (Fsp3) is 0.385. The van der Waals surface area contributed by atoms with Crippen molar-refractivity contribution in [2.75, 3.05) is 56.5 Å².